The Hall–Kier alpha value is -0.950. The maximum Gasteiger partial charge on any atom is 0.221 e. The number of amides is 1. The van der Waals surface area contributed by atoms with Crippen LogP contribution < -0.4 is 15.4 Å². The number of ether oxygens (including phenoxy) is 2. The van der Waals surface area contributed by atoms with E-state index in [0.717, 1.165) is 29.4 Å². The zero-order chi connectivity index (χ0) is 15.6. The average molecular weight is 361 g/mol. The van der Waals surface area contributed by atoms with Gasteiger partial charge in [0.15, 0.2) is 0 Å². The second kappa shape index (κ2) is 11.6. The number of hydrogen-bond acceptors (Lipinski definition) is 5. The maximum absolute atomic E-state index is 11.9. The Bertz CT molecular complexity index is 453. The van der Waals surface area contributed by atoms with Crippen molar-refractivity contribution in [1.29, 1.82) is 0 Å². The van der Waals surface area contributed by atoms with E-state index >= 15 is 0 Å². The number of carbonyl (C=O) groups is 1. The Balaban J connectivity index is 0.00000264. The van der Waals surface area contributed by atoms with Gasteiger partial charge < -0.3 is 20.1 Å². The van der Waals surface area contributed by atoms with Crippen molar-refractivity contribution in [2.45, 2.75) is 19.0 Å². The first kappa shape index (κ1) is 20.1. The Labute approximate surface area is 148 Å². The molecule has 1 fully saturated rings. The third-order valence-electron chi connectivity index (χ3n) is 3.40. The smallest absolute Gasteiger partial charge is 0.221 e. The molecule has 1 heterocycles. The number of methoxy groups -OCH3 is 1. The minimum Gasteiger partial charge on any atom is -0.491 e. The second-order valence-electron chi connectivity index (χ2n) is 5.19. The summed E-state index contributed by atoms with van der Waals surface area (Å²) in [7, 11) is 1.65. The minimum atomic E-state index is 0. The highest BCUT2D eigenvalue weighted by Crippen LogP contribution is 2.13. The van der Waals surface area contributed by atoms with Crippen LogP contribution in [-0.2, 0) is 16.1 Å². The van der Waals surface area contributed by atoms with Crippen molar-refractivity contribution in [1.82, 2.24) is 10.6 Å². The number of hydrogen-bond donors (Lipinski definition) is 2. The van der Waals surface area contributed by atoms with Gasteiger partial charge in [-0.15, -0.1) is 12.4 Å². The van der Waals surface area contributed by atoms with Crippen molar-refractivity contribution < 1.29 is 14.3 Å². The third-order valence-corrected chi connectivity index (χ3v) is 4.53. The van der Waals surface area contributed by atoms with E-state index in [9.17, 15) is 4.79 Å². The molecule has 7 heteroatoms. The summed E-state index contributed by atoms with van der Waals surface area (Å²) < 4.78 is 10.4. The Morgan fingerprint density at radius 2 is 2.13 bits per heavy atom. The average Bonchev–Trinajstić information content (AvgIpc) is 2.55. The fourth-order valence-corrected chi connectivity index (χ4v) is 3.14. The largest absolute Gasteiger partial charge is 0.491 e. The van der Waals surface area contributed by atoms with Crippen molar-refractivity contribution in [2.24, 2.45) is 0 Å². The first-order valence-corrected chi connectivity index (χ1v) is 8.72. The fraction of sp³-hybridized carbons (Fsp3) is 0.562. The summed E-state index contributed by atoms with van der Waals surface area (Å²) in [5, 5.41) is 6.34. The van der Waals surface area contributed by atoms with Crippen LogP contribution in [0.5, 0.6) is 5.75 Å². The van der Waals surface area contributed by atoms with Crippen LogP contribution in [0.4, 0.5) is 0 Å². The number of halogens is 1. The zero-order valence-corrected chi connectivity index (χ0v) is 15.0. The first-order chi connectivity index (χ1) is 10.8. The molecule has 2 N–H and O–H groups in total. The maximum atomic E-state index is 11.9. The molecule has 5 nitrogen and oxygen atoms in total. The summed E-state index contributed by atoms with van der Waals surface area (Å²) >= 11 is 1.90. The molecule has 1 aliphatic rings. The summed E-state index contributed by atoms with van der Waals surface area (Å²) in [6.45, 7) is 2.66. The lowest BCUT2D eigenvalue weighted by molar-refractivity contribution is -0.121. The Kier molecular flexibility index (Phi) is 10.1. The van der Waals surface area contributed by atoms with Gasteiger partial charge in [0.05, 0.1) is 6.61 Å². The van der Waals surface area contributed by atoms with Crippen LogP contribution >= 0.6 is 24.2 Å². The van der Waals surface area contributed by atoms with Crippen molar-refractivity contribution in [3.63, 3.8) is 0 Å². The van der Waals surface area contributed by atoms with Crippen LogP contribution in [0.25, 0.3) is 0 Å². The van der Waals surface area contributed by atoms with Gasteiger partial charge in [-0.2, -0.15) is 11.8 Å². The lowest BCUT2D eigenvalue weighted by Crippen LogP contribution is -2.41. The molecule has 1 aromatic carbocycles. The van der Waals surface area contributed by atoms with Gasteiger partial charge in [-0.25, -0.2) is 0 Å². The quantitative estimate of drug-likeness (QED) is 0.693. The number of carbonyl (C=O) groups excluding carboxylic acids is 1. The molecule has 23 heavy (non-hydrogen) atoms. The SMILES string of the molecule is COCCOc1ccc(CNC(=O)CC2CSCCN2)cc1.Cl. The minimum absolute atomic E-state index is 0. The summed E-state index contributed by atoms with van der Waals surface area (Å²) in [4.78, 5) is 11.9. The molecular weight excluding hydrogens is 336 g/mol. The van der Waals surface area contributed by atoms with E-state index < -0.39 is 0 Å². The molecule has 0 saturated carbocycles. The molecule has 1 saturated heterocycles. The molecule has 1 amide bonds. The monoisotopic (exact) mass is 360 g/mol. The van der Waals surface area contributed by atoms with Crippen molar-refractivity contribution in [3.05, 3.63) is 29.8 Å². The van der Waals surface area contributed by atoms with E-state index in [4.69, 9.17) is 9.47 Å². The van der Waals surface area contributed by atoms with Gasteiger partial charge in [-0.05, 0) is 17.7 Å². The number of benzene rings is 1. The van der Waals surface area contributed by atoms with E-state index in [1.54, 1.807) is 7.11 Å². The van der Waals surface area contributed by atoms with Crippen LogP contribution in [0.15, 0.2) is 24.3 Å². The summed E-state index contributed by atoms with van der Waals surface area (Å²) in [5.41, 5.74) is 1.07. The fourth-order valence-electron chi connectivity index (χ4n) is 2.19. The van der Waals surface area contributed by atoms with Gasteiger partial charge in [-0.1, -0.05) is 12.1 Å². The zero-order valence-electron chi connectivity index (χ0n) is 13.4. The number of thioether (sulfide) groups is 1. The van der Waals surface area contributed by atoms with Crippen molar-refractivity contribution >= 4 is 30.1 Å². The molecule has 130 valence electrons. The third kappa shape index (κ3) is 7.92. The molecule has 0 radical (unpaired) electrons. The normalized spacial score (nSPS) is 17.2. The molecule has 2 rings (SSSR count). The van der Waals surface area contributed by atoms with E-state index in [0.29, 0.717) is 32.2 Å². The van der Waals surface area contributed by atoms with Crippen LogP contribution in [0.3, 0.4) is 0 Å². The molecule has 0 aliphatic carbocycles. The molecule has 1 unspecified atom stereocenters. The molecule has 0 aromatic heterocycles. The highest BCUT2D eigenvalue weighted by Gasteiger charge is 2.16. The van der Waals surface area contributed by atoms with Crippen LogP contribution in [0, 0.1) is 0 Å². The molecular formula is C16H25ClN2O3S. The first-order valence-electron chi connectivity index (χ1n) is 7.56. The van der Waals surface area contributed by atoms with Gasteiger partial charge >= 0.3 is 0 Å². The van der Waals surface area contributed by atoms with Gasteiger partial charge in [0, 0.05) is 44.2 Å². The van der Waals surface area contributed by atoms with E-state index in [-0.39, 0.29) is 18.3 Å². The number of nitrogens with one attached hydrogen (secondary N) is 2. The standard InChI is InChI=1S/C16H24N2O3S.ClH/c1-20-7-8-21-15-4-2-13(3-5-15)11-18-16(19)10-14-12-22-9-6-17-14;/h2-5,14,17H,6-12H2,1H3,(H,18,19);1H. The predicted octanol–water partition coefficient (Wildman–Crippen LogP) is 1.84. The van der Waals surface area contributed by atoms with Crippen LogP contribution in [0.2, 0.25) is 0 Å². The topological polar surface area (TPSA) is 59.6 Å². The van der Waals surface area contributed by atoms with Crippen LogP contribution in [0.1, 0.15) is 12.0 Å². The van der Waals surface area contributed by atoms with Gasteiger partial charge in [0.25, 0.3) is 0 Å². The summed E-state index contributed by atoms with van der Waals surface area (Å²) in [5.74, 6) is 3.06. The van der Waals surface area contributed by atoms with Gasteiger partial charge in [0.2, 0.25) is 5.91 Å². The highest BCUT2D eigenvalue weighted by molar-refractivity contribution is 7.99. The van der Waals surface area contributed by atoms with E-state index in [1.807, 2.05) is 36.0 Å². The Morgan fingerprint density at radius 3 is 2.78 bits per heavy atom. The lowest BCUT2D eigenvalue weighted by Gasteiger charge is -2.22. The molecule has 1 atom stereocenters. The van der Waals surface area contributed by atoms with Crippen molar-refractivity contribution in [2.75, 3.05) is 38.4 Å². The Morgan fingerprint density at radius 1 is 1.35 bits per heavy atom. The second-order valence-corrected chi connectivity index (χ2v) is 6.34. The molecule has 1 aromatic rings. The summed E-state index contributed by atoms with van der Waals surface area (Å²) in [6, 6.07) is 8.07. The molecule has 0 spiro atoms. The van der Waals surface area contributed by atoms with Crippen molar-refractivity contribution in [3.8, 4) is 5.75 Å². The molecule has 1 aliphatic heterocycles. The lowest BCUT2D eigenvalue weighted by atomic mass is 10.2. The number of rotatable bonds is 8. The van der Waals surface area contributed by atoms with E-state index in [1.165, 1.54) is 0 Å². The van der Waals surface area contributed by atoms with Gasteiger partial charge in [-0.3, -0.25) is 4.79 Å². The van der Waals surface area contributed by atoms with E-state index in [2.05, 4.69) is 10.6 Å². The molecule has 0 bridgehead atoms. The predicted molar refractivity (Wildman–Crippen MR) is 96.6 cm³/mol. The van der Waals surface area contributed by atoms with Gasteiger partial charge in [0.1, 0.15) is 12.4 Å². The van der Waals surface area contributed by atoms with Crippen LogP contribution in [-0.4, -0.2) is 50.3 Å². The summed E-state index contributed by atoms with van der Waals surface area (Å²) in [6.07, 6.45) is 0.547. The highest BCUT2D eigenvalue weighted by atomic mass is 35.5.